The Morgan fingerprint density at radius 1 is 0.911 bits per heavy atom. The average Bonchev–Trinajstić information content (AvgIpc) is 3.39. The maximum atomic E-state index is 13.7. The molecule has 2 amide bonds. The number of primary amides is 1. The minimum Gasteiger partial charge on any atom is -0.369 e. The molecule has 6 nitrogen and oxygen atoms in total. The van der Waals surface area contributed by atoms with Gasteiger partial charge in [0.05, 0.1) is 5.41 Å². The molecule has 0 aromatic heterocycles. The van der Waals surface area contributed by atoms with E-state index in [1.165, 1.54) is 33.9 Å². The molecule has 1 atom stereocenters. The number of anilines is 1. The van der Waals surface area contributed by atoms with Crippen LogP contribution in [0.2, 0.25) is 0 Å². The highest BCUT2D eigenvalue weighted by molar-refractivity contribution is 6.06. The number of fused-ring (bicyclic) bond motifs is 2. The van der Waals surface area contributed by atoms with E-state index in [4.69, 9.17) is 5.73 Å². The predicted octanol–water partition coefficient (Wildman–Crippen LogP) is 6.99. The van der Waals surface area contributed by atoms with Crippen LogP contribution in [0.4, 0.5) is 11.4 Å². The van der Waals surface area contributed by atoms with Crippen LogP contribution in [-0.2, 0) is 20.4 Å². The van der Waals surface area contributed by atoms with Gasteiger partial charge in [0, 0.05) is 47.6 Å². The fourth-order valence-electron chi connectivity index (χ4n) is 7.50. The van der Waals surface area contributed by atoms with Crippen molar-refractivity contribution in [2.24, 2.45) is 11.1 Å². The van der Waals surface area contributed by atoms with E-state index < -0.39 is 11.3 Å². The van der Waals surface area contributed by atoms with Crippen molar-refractivity contribution < 1.29 is 14.2 Å². The third kappa shape index (κ3) is 5.49. The highest BCUT2D eigenvalue weighted by Crippen LogP contribution is 2.48. The van der Waals surface area contributed by atoms with E-state index in [1.807, 2.05) is 6.92 Å². The summed E-state index contributed by atoms with van der Waals surface area (Å²) in [6.07, 6.45) is 11.9. The Kier molecular flexibility index (Phi) is 8.81. The number of carbonyl (C=O) groups is 2. The maximum absolute atomic E-state index is 13.7. The largest absolute Gasteiger partial charge is 0.369 e. The molecule has 2 aromatic carbocycles. The SMILES string of the molecule is CCCNC(=O)C1(C(N)=O)CC(/C=C/C2=[N+](CC)c3ccccc3C2(C)C)=CC(=C/C=C2/N(CC)c3ccccc3C2(C)C)/C1. The number of nitrogens with zero attached hydrogens (tertiary/aromatic N) is 2. The van der Waals surface area contributed by atoms with E-state index in [2.05, 4.69) is 135 Å². The van der Waals surface area contributed by atoms with E-state index in [-0.39, 0.29) is 29.6 Å². The lowest BCUT2D eigenvalue weighted by Gasteiger charge is -2.34. The minimum absolute atomic E-state index is 0.187. The summed E-state index contributed by atoms with van der Waals surface area (Å²) in [6.45, 7) is 17.5. The van der Waals surface area contributed by atoms with Gasteiger partial charge in [-0.05, 0) is 75.8 Å². The van der Waals surface area contributed by atoms with Gasteiger partial charge < -0.3 is 16.0 Å². The summed E-state index contributed by atoms with van der Waals surface area (Å²) in [4.78, 5) is 29.3. The van der Waals surface area contributed by atoms with Crippen LogP contribution in [0.3, 0.4) is 0 Å². The number of hydrogen-bond acceptors (Lipinski definition) is 3. The van der Waals surface area contributed by atoms with E-state index >= 15 is 0 Å². The Morgan fingerprint density at radius 2 is 1.60 bits per heavy atom. The number of benzene rings is 2. The fourth-order valence-corrected chi connectivity index (χ4v) is 7.50. The fraction of sp³-hybridized carbons (Fsp3) is 0.410. The predicted molar refractivity (Wildman–Crippen MR) is 185 cm³/mol. The van der Waals surface area contributed by atoms with Gasteiger partial charge in [0.25, 0.3) is 0 Å². The van der Waals surface area contributed by atoms with Crippen LogP contribution >= 0.6 is 0 Å². The first kappa shape index (κ1) is 32.2. The molecule has 45 heavy (non-hydrogen) atoms. The Balaban J connectivity index is 1.60. The number of amides is 2. The highest BCUT2D eigenvalue weighted by atomic mass is 16.2. The average molecular weight is 606 g/mol. The van der Waals surface area contributed by atoms with Crippen LogP contribution in [-0.4, -0.2) is 41.7 Å². The lowest BCUT2D eigenvalue weighted by molar-refractivity contribution is -0.433. The molecule has 0 saturated carbocycles. The molecule has 3 aliphatic rings. The first-order valence-corrected chi connectivity index (χ1v) is 16.4. The van der Waals surface area contributed by atoms with Crippen LogP contribution in [0.25, 0.3) is 0 Å². The van der Waals surface area contributed by atoms with Crippen molar-refractivity contribution in [3.05, 3.63) is 107 Å². The van der Waals surface area contributed by atoms with E-state index in [1.54, 1.807) is 0 Å². The molecular weight excluding hydrogens is 556 g/mol. The Bertz CT molecular complexity index is 1670. The second kappa shape index (κ2) is 12.3. The van der Waals surface area contributed by atoms with Crippen molar-refractivity contribution in [3.8, 4) is 0 Å². The van der Waals surface area contributed by atoms with Gasteiger partial charge in [-0.3, -0.25) is 9.59 Å². The van der Waals surface area contributed by atoms with Crippen molar-refractivity contribution in [1.29, 1.82) is 0 Å². The lowest BCUT2D eigenvalue weighted by Crippen LogP contribution is -2.51. The number of hydrogen-bond donors (Lipinski definition) is 2. The molecule has 2 aromatic rings. The van der Waals surface area contributed by atoms with Gasteiger partial charge in [0.2, 0.25) is 17.5 Å². The molecule has 236 valence electrons. The molecule has 1 unspecified atom stereocenters. The molecule has 0 fully saturated rings. The van der Waals surface area contributed by atoms with E-state index in [0.29, 0.717) is 6.54 Å². The van der Waals surface area contributed by atoms with Gasteiger partial charge in [-0.2, -0.15) is 4.58 Å². The number of nitrogens with one attached hydrogen (secondary N) is 1. The number of carbonyl (C=O) groups excluding carboxylic acids is 2. The Labute approximate surface area is 269 Å². The van der Waals surface area contributed by atoms with E-state index in [0.717, 1.165) is 30.7 Å². The Morgan fingerprint density at radius 3 is 2.27 bits per heavy atom. The zero-order valence-corrected chi connectivity index (χ0v) is 28.0. The van der Waals surface area contributed by atoms with Gasteiger partial charge in [-0.1, -0.05) is 75.4 Å². The standard InChI is InChI=1S/C39H48N4O2/c1-8-23-41-36(45)39(35(40)44)25-27(19-21-33-37(4,5)29-15-11-13-17-31(29)42(33)9-2)24-28(26-39)20-22-34-38(6,7)30-16-12-14-18-32(30)43(34)10-3/h11-22,24H,8-10,23,25-26H2,1-7H3,(H2-,40,41,44,45)/p+1. The molecule has 0 radical (unpaired) electrons. The number of allylic oxidation sites excluding steroid dienone is 8. The summed E-state index contributed by atoms with van der Waals surface area (Å²) in [5, 5.41) is 2.99. The third-order valence-electron chi connectivity index (χ3n) is 9.97. The molecule has 0 bridgehead atoms. The molecule has 0 spiro atoms. The molecule has 6 heteroatoms. The summed E-state index contributed by atoms with van der Waals surface area (Å²) in [6, 6.07) is 17.1. The van der Waals surface area contributed by atoms with Crippen LogP contribution in [0.5, 0.6) is 0 Å². The van der Waals surface area contributed by atoms with E-state index in [9.17, 15) is 9.59 Å². The first-order chi connectivity index (χ1) is 21.4. The molecule has 2 aliphatic heterocycles. The summed E-state index contributed by atoms with van der Waals surface area (Å²) < 4.78 is 2.35. The molecule has 1 aliphatic carbocycles. The monoisotopic (exact) mass is 605 g/mol. The molecule has 5 rings (SSSR count). The number of para-hydroxylation sites is 2. The molecular formula is C39H49N4O2+. The number of likely N-dealkylation sites (N-methyl/N-ethyl adjacent to an activating group) is 1. The van der Waals surface area contributed by atoms with Crippen LogP contribution < -0.4 is 16.0 Å². The Hall–Kier alpha value is -4.19. The van der Waals surface area contributed by atoms with Gasteiger partial charge >= 0.3 is 0 Å². The smallest absolute Gasteiger partial charge is 0.236 e. The van der Waals surface area contributed by atoms with Gasteiger partial charge in [0.15, 0.2) is 5.71 Å². The zero-order valence-electron chi connectivity index (χ0n) is 28.0. The normalized spacial score (nSPS) is 23.4. The second-order valence-electron chi connectivity index (χ2n) is 13.6. The molecule has 0 saturated heterocycles. The number of rotatable bonds is 9. The van der Waals surface area contributed by atoms with Crippen LogP contribution in [0.1, 0.15) is 78.9 Å². The summed E-state index contributed by atoms with van der Waals surface area (Å²) in [5.74, 6) is -0.886. The second-order valence-corrected chi connectivity index (χ2v) is 13.6. The maximum Gasteiger partial charge on any atom is 0.236 e. The zero-order chi connectivity index (χ0) is 32.6. The quantitative estimate of drug-likeness (QED) is 0.239. The molecule has 3 N–H and O–H groups in total. The minimum atomic E-state index is -1.37. The van der Waals surface area contributed by atoms with Gasteiger partial charge in [-0.15, -0.1) is 0 Å². The summed E-state index contributed by atoms with van der Waals surface area (Å²) in [5.41, 5.74) is 13.6. The van der Waals surface area contributed by atoms with Crippen LogP contribution in [0.15, 0.2) is 95.8 Å². The topological polar surface area (TPSA) is 78.4 Å². The van der Waals surface area contributed by atoms with Gasteiger partial charge in [-0.25, -0.2) is 0 Å². The lowest BCUT2D eigenvalue weighted by atomic mass is 9.70. The van der Waals surface area contributed by atoms with Gasteiger partial charge in [0.1, 0.15) is 12.0 Å². The number of nitrogens with two attached hydrogens (primary N) is 1. The van der Waals surface area contributed by atoms with Crippen molar-refractivity contribution in [2.45, 2.75) is 78.6 Å². The molecule has 2 heterocycles. The van der Waals surface area contributed by atoms with Crippen LogP contribution in [0, 0.1) is 5.41 Å². The van der Waals surface area contributed by atoms with Crippen molar-refractivity contribution in [3.63, 3.8) is 0 Å². The first-order valence-electron chi connectivity index (χ1n) is 16.4. The summed E-state index contributed by atoms with van der Waals surface area (Å²) >= 11 is 0. The summed E-state index contributed by atoms with van der Waals surface area (Å²) in [7, 11) is 0. The van der Waals surface area contributed by atoms with Crippen molar-refractivity contribution in [1.82, 2.24) is 5.32 Å². The van der Waals surface area contributed by atoms with Crippen molar-refractivity contribution in [2.75, 3.05) is 24.5 Å². The van der Waals surface area contributed by atoms with Crippen molar-refractivity contribution >= 4 is 28.9 Å². The highest BCUT2D eigenvalue weighted by Gasteiger charge is 2.48. The third-order valence-corrected chi connectivity index (χ3v) is 9.97.